The smallest absolute Gasteiger partial charge is 0.147 e. The van der Waals surface area contributed by atoms with Crippen molar-refractivity contribution in [2.45, 2.75) is 26.4 Å². The van der Waals surface area contributed by atoms with Gasteiger partial charge in [0.1, 0.15) is 12.2 Å². The Balaban J connectivity index is 1.99. The quantitative estimate of drug-likeness (QED) is 0.776. The zero-order valence-electron chi connectivity index (χ0n) is 9.48. The predicted octanol–water partition coefficient (Wildman–Crippen LogP) is 0.264. The minimum absolute atomic E-state index is 0.443. The molecule has 0 aliphatic carbocycles. The molecule has 0 aromatic carbocycles. The van der Waals surface area contributed by atoms with Crippen LogP contribution in [0, 0.1) is 0 Å². The fourth-order valence-electron chi connectivity index (χ4n) is 1.88. The van der Waals surface area contributed by atoms with Gasteiger partial charge in [0.2, 0.25) is 0 Å². The summed E-state index contributed by atoms with van der Waals surface area (Å²) in [5.74, 6) is 1.08. The van der Waals surface area contributed by atoms with E-state index < -0.39 is 0 Å². The first kappa shape index (κ1) is 10.6. The Morgan fingerprint density at radius 3 is 2.80 bits per heavy atom. The standard InChI is InChI=1S/C10H19N5/c1-9(2)15-8-12-13-10(15)7-14-5-3-11-4-6-14/h8-9,11H,3-7H2,1-2H3. The lowest BCUT2D eigenvalue weighted by molar-refractivity contribution is 0.223. The van der Waals surface area contributed by atoms with Gasteiger partial charge in [-0.3, -0.25) is 4.90 Å². The van der Waals surface area contributed by atoms with Crippen molar-refractivity contribution in [1.29, 1.82) is 0 Å². The molecule has 0 amide bonds. The predicted molar refractivity (Wildman–Crippen MR) is 58.6 cm³/mol. The molecule has 1 aromatic rings. The molecule has 1 fully saturated rings. The minimum Gasteiger partial charge on any atom is -0.314 e. The van der Waals surface area contributed by atoms with E-state index in [0.29, 0.717) is 6.04 Å². The van der Waals surface area contributed by atoms with Gasteiger partial charge in [0.25, 0.3) is 0 Å². The highest BCUT2D eigenvalue weighted by molar-refractivity contribution is 4.88. The molecule has 5 nitrogen and oxygen atoms in total. The normalized spacial score (nSPS) is 18.6. The number of rotatable bonds is 3. The first-order valence-electron chi connectivity index (χ1n) is 5.59. The second-order valence-corrected chi connectivity index (χ2v) is 4.27. The summed E-state index contributed by atoms with van der Waals surface area (Å²) < 4.78 is 2.14. The van der Waals surface area contributed by atoms with Gasteiger partial charge < -0.3 is 9.88 Å². The van der Waals surface area contributed by atoms with E-state index in [2.05, 4.69) is 38.8 Å². The van der Waals surface area contributed by atoms with Crippen LogP contribution >= 0.6 is 0 Å². The van der Waals surface area contributed by atoms with Crippen LogP contribution in [0.25, 0.3) is 0 Å². The monoisotopic (exact) mass is 209 g/mol. The van der Waals surface area contributed by atoms with Crippen molar-refractivity contribution in [2.75, 3.05) is 26.2 Å². The van der Waals surface area contributed by atoms with Crippen LogP contribution in [0.2, 0.25) is 0 Å². The number of piperazine rings is 1. The van der Waals surface area contributed by atoms with Crippen molar-refractivity contribution in [1.82, 2.24) is 25.0 Å². The number of aromatic nitrogens is 3. The van der Waals surface area contributed by atoms with Gasteiger partial charge in [0.15, 0.2) is 0 Å². The van der Waals surface area contributed by atoms with Crippen LogP contribution in [0.5, 0.6) is 0 Å². The maximum absolute atomic E-state index is 4.18. The van der Waals surface area contributed by atoms with E-state index in [-0.39, 0.29) is 0 Å². The molecule has 1 aromatic heterocycles. The van der Waals surface area contributed by atoms with Crippen molar-refractivity contribution in [3.05, 3.63) is 12.2 Å². The fraction of sp³-hybridized carbons (Fsp3) is 0.800. The van der Waals surface area contributed by atoms with Crippen LogP contribution in [0.15, 0.2) is 6.33 Å². The van der Waals surface area contributed by atoms with Gasteiger partial charge in [0.05, 0.1) is 6.54 Å². The van der Waals surface area contributed by atoms with Crippen LogP contribution in [0.4, 0.5) is 0 Å². The molecule has 1 aliphatic rings. The zero-order valence-corrected chi connectivity index (χ0v) is 9.48. The van der Waals surface area contributed by atoms with Gasteiger partial charge in [-0.15, -0.1) is 10.2 Å². The maximum atomic E-state index is 4.18. The molecule has 0 atom stereocenters. The fourth-order valence-corrected chi connectivity index (χ4v) is 1.88. The molecule has 2 heterocycles. The second kappa shape index (κ2) is 4.72. The summed E-state index contributed by atoms with van der Waals surface area (Å²) in [7, 11) is 0. The second-order valence-electron chi connectivity index (χ2n) is 4.27. The molecule has 0 spiro atoms. The van der Waals surface area contributed by atoms with Crippen molar-refractivity contribution < 1.29 is 0 Å². The number of hydrogen-bond donors (Lipinski definition) is 1. The van der Waals surface area contributed by atoms with E-state index in [1.54, 1.807) is 0 Å². The Bertz CT molecular complexity index is 301. The molecule has 1 N–H and O–H groups in total. The molecular formula is C10H19N5. The van der Waals surface area contributed by atoms with Crippen molar-refractivity contribution >= 4 is 0 Å². The minimum atomic E-state index is 0.443. The molecule has 15 heavy (non-hydrogen) atoms. The van der Waals surface area contributed by atoms with Gasteiger partial charge in [-0.1, -0.05) is 0 Å². The molecule has 0 unspecified atom stereocenters. The Hall–Kier alpha value is -0.940. The Kier molecular flexibility index (Phi) is 3.33. The van der Waals surface area contributed by atoms with Gasteiger partial charge in [0, 0.05) is 32.2 Å². The molecule has 1 saturated heterocycles. The maximum Gasteiger partial charge on any atom is 0.147 e. The van der Waals surface area contributed by atoms with Crippen LogP contribution in [-0.4, -0.2) is 45.8 Å². The summed E-state index contributed by atoms with van der Waals surface area (Å²) in [4.78, 5) is 2.42. The van der Waals surface area contributed by atoms with Gasteiger partial charge in [-0.2, -0.15) is 0 Å². The van der Waals surface area contributed by atoms with E-state index in [1.165, 1.54) is 0 Å². The third-order valence-electron chi connectivity index (χ3n) is 2.78. The van der Waals surface area contributed by atoms with E-state index in [1.807, 2.05) is 6.33 Å². The van der Waals surface area contributed by atoms with Crippen LogP contribution in [-0.2, 0) is 6.54 Å². The molecule has 0 bridgehead atoms. The molecule has 0 radical (unpaired) electrons. The number of nitrogens with zero attached hydrogens (tertiary/aromatic N) is 4. The number of hydrogen-bond acceptors (Lipinski definition) is 4. The lowest BCUT2D eigenvalue weighted by Gasteiger charge is -2.27. The highest BCUT2D eigenvalue weighted by Crippen LogP contribution is 2.09. The first-order chi connectivity index (χ1) is 7.27. The average molecular weight is 209 g/mol. The van der Waals surface area contributed by atoms with Crippen molar-refractivity contribution in [3.63, 3.8) is 0 Å². The summed E-state index contributed by atoms with van der Waals surface area (Å²) in [5.41, 5.74) is 0. The van der Waals surface area contributed by atoms with Crippen LogP contribution < -0.4 is 5.32 Å². The molecule has 1 aliphatic heterocycles. The Labute approximate surface area is 90.5 Å². The summed E-state index contributed by atoms with van der Waals surface area (Å²) in [6, 6.07) is 0.443. The topological polar surface area (TPSA) is 46.0 Å². The Morgan fingerprint density at radius 1 is 1.40 bits per heavy atom. The first-order valence-corrected chi connectivity index (χ1v) is 5.59. The third-order valence-corrected chi connectivity index (χ3v) is 2.78. The van der Waals surface area contributed by atoms with Gasteiger partial charge in [-0.05, 0) is 13.8 Å². The molecular weight excluding hydrogens is 190 g/mol. The van der Waals surface area contributed by atoms with E-state index in [0.717, 1.165) is 38.5 Å². The van der Waals surface area contributed by atoms with Gasteiger partial charge >= 0.3 is 0 Å². The van der Waals surface area contributed by atoms with Crippen LogP contribution in [0.1, 0.15) is 25.7 Å². The molecule has 84 valence electrons. The molecule has 2 rings (SSSR count). The molecule has 5 heteroatoms. The highest BCUT2D eigenvalue weighted by Gasteiger charge is 2.14. The average Bonchev–Trinajstić information content (AvgIpc) is 2.67. The summed E-state index contributed by atoms with van der Waals surface area (Å²) >= 11 is 0. The van der Waals surface area contributed by atoms with E-state index in [4.69, 9.17) is 0 Å². The largest absolute Gasteiger partial charge is 0.314 e. The van der Waals surface area contributed by atoms with Gasteiger partial charge in [-0.25, -0.2) is 0 Å². The molecule has 0 saturated carbocycles. The number of nitrogens with one attached hydrogen (secondary N) is 1. The van der Waals surface area contributed by atoms with Crippen LogP contribution in [0.3, 0.4) is 0 Å². The third kappa shape index (κ3) is 2.54. The lowest BCUT2D eigenvalue weighted by Crippen LogP contribution is -2.43. The van der Waals surface area contributed by atoms with Crippen molar-refractivity contribution in [2.24, 2.45) is 0 Å². The van der Waals surface area contributed by atoms with Crippen molar-refractivity contribution in [3.8, 4) is 0 Å². The van der Waals surface area contributed by atoms with E-state index in [9.17, 15) is 0 Å². The summed E-state index contributed by atoms with van der Waals surface area (Å²) in [6.07, 6.45) is 1.82. The SMILES string of the molecule is CC(C)n1cnnc1CN1CCNCC1. The summed E-state index contributed by atoms with van der Waals surface area (Å²) in [6.45, 7) is 9.59. The zero-order chi connectivity index (χ0) is 10.7. The Morgan fingerprint density at radius 2 is 2.13 bits per heavy atom. The lowest BCUT2D eigenvalue weighted by atomic mass is 10.3. The highest BCUT2D eigenvalue weighted by atomic mass is 15.3. The van der Waals surface area contributed by atoms with E-state index >= 15 is 0 Å². The summed E-state index contributed by atoms with van der Waals surface area (Å²) in [5, 5.41) is 11.5.